The minimum absolute atomic E-state index is 0.122. The molecule has 0 radical (unpaired) electrons. The first-order valence-electron chi connectivity index (χ1n) is 8.63. The number of sulfonamides is 1. The molecule has 1 aromatic carbocycles. The first kappa shape index (κ1) is 18.7. The second-order valence-electron chi connectivity index (χ2n) is 6.42. The standard InChI is InChI=1S/C18H24N2O5S/c1-24-16-7-3-14(13-17(16)25-2)4-8-18(21)19-9-11-20(12-10-19)26(22,23)15-5-6-15/h3-4,7-8,13,15H,5-6,9-12H2,1-2H3/b8-4+. The molecule has 1 aromatic rings. The maximum Gasteiger partial charge on any atom is 0.246 e. The molecule has 2 aliphatic rings. The van der Waals surface area contributed by atoms with Crippen LogP contribution >= 0.6 is 0 Å². The minimum Gasteiger partial charge on any atom is -0.493 e. The van der Waals surface area contributed by atoms with Gasteiger partial charge in [-0.2, -0.15) is 4.31 Å². The topological polar surface area (TPSA) is 76.2 Å². The molecule has 0 unspecified atom stereocenters. The van der Waals surface area contributed by atoms with Gasteiger partial charge in [0, 0.05) is 32.3 Å². The molecule has 26 heavy (non-hydrogen) atoms. The molecule has 142 valence electrons. The van der Waals surface area contributed by atoms with Crippen molar-refractivity contribution in [2.45, 2.75) is 18.1 Å². The number of methoxy groups -OCH3 is 2. The zero-order chi connectivity index (χ0) is 18.7. The Morgan fingerprint density at radius 2 is 1.73 bits per heavy atom. The average Bonchev–Trinajstić information content (AvgIpc) is 3.51. The molecule has 0 bridgehead atoms. The number of benzene rings is 1. The predicted octanol–water partition coefficient (Wildman–Crippen LogP) is 1.35. The van der Waals surface area contributed by atoms with E-state index in [2.05, 4.69) is 0 Å². The van der Waals surface area contributed by atoms with E-state index in [0.29, 0.717) is 37.7 Å². The fourth-order valence-electron chi connectivity index (χ4n) is 2.97. The Hall–Kier alpha value is -2.06. The van der Waals surface area contributed by atoms with Crippen molar-refractivity contribution in [3.05, 3.63) is 29.8 Å². The molecular weight excluding hydrogens is 356 g/mol. The largest absolute Gasteiger partial charge is 0.493 e. The summed E-state index contributed by atoms with van der Waals surface area (Å²) in [7, 11) is -0.0254. The summed E-state index contributed by atoms with van der Waals surface area (Å²) in [6.07, 6.45) is 4.75. The number of rotatable bonds is 6. The highest BCUT2D eigenvalue weighted by Gasteiger charge is 2.41. The van der Waals surface area contributed by atoms with Crippen molar-refractivity contribution in [1.29, 1.82) is 0 Å². The molecule has 1 saturated heterocycles. The summed E-state index contributed by atoms with van der Waals surface area (Å²) >= 11 is 0. The van der Waals surface area contributed by atoms with Crippen LogP contribution in [0.5, 0.6) is 11.5 Å². The van der Waals surface area contributed by atoms with Crippen LogP contribution in [0.1, 0.15) is 18.4 Å². The van der Waals surface area contributed by atoms with Crippen LogP contribution in [0.3, 0.4) is 0 Å². The fraction of sp³-hybridized carbons (Fsp3) is 0.500. The van der Waals surface area contributed by atoms with Crippen LogP contribution in [0.15, 0.2) is 24.3 Å². The van der Waals surface area contributed by atoms with Gasteiger partial charge in [0.15, 0.2) is 11.5 Å². The third kappa shape index (κ3) is 4.02. The van der Waals surface area contributed by atoms with Crippen LogP contribution < -0.4 is 9.47 Å². The van der Waals surface area contributed by atoms with Gasteiger partial charge in [0.05, 0.1) is 19.5 Å². The van der Waals surface area contributed by atoms with E-state index >= 15 is 0 Å². The van der Waals surface area contributed by atoms with Crippen molar-refractivity contribution in [2.75, 3.05) is 40.4 Å². The molecule has 8 heteroatoms. The highest BCUT2D eigenvalue weighted by atomic mass is 32.2. The summed E-state index contributed by atoms with van der Waals surface area (Å²) in [6.45, 7) is 1.58. The summed E-state index contributed by atoms with van der Waals surface area (Å²) in [4.78, 5) is 14.0. The van der Waals surface area contributed by atoms with Crippen LogP contribution in [0.4, 0.5) is 0 Å². The van der Waals surface area contributed by atoms with E-state index in [1.807, 2.05) is 6.07 Å². The Balaban J connectivity index is 1.58. The normalized spacial score (nSPS) is 18.9. The number of carbonyl (C=O) groups is 1. The molecule has 1 aliphatic heterocycles. The number of piperazine rings is 1. The lowest BCUT2D eigenvalue weighted by atomic mass is 10.2. The van der Waals surface area contributed by atoms with E-state index < -0.39 is 10.0 Å². The highest BCUT2D eigenvalue weighted by Crippen LogP contribution is 2.31. The van der Waals surface area contributed by atoms with Gasteiger partial charge in [-0.1, -0.05) is 6.07 Å². The fourth-order valence-corrected chi connectivity index (χ4v) is 4.79. The van der Waals surface area contributed by atoms with Crippen LogP contribution in [0.25, 0.3) is 6.08 Å². The van der Waals surface area contributed by atoms with Crippen molar-refractivity contribution in [1.82, 2.24) is 9.21 Å². The van der Waals surface area contributed by atoms with Crippen molar-refractivity contribution >= 4 is 22.0 Å². The molecule has 7 nitrogen and oxygen atoms in total. The quantitative estimate of drug-likeness (QED) is 0.697. The summed E-state index contributed by atoms with van der Waals surface area (Å²) < 4.78 is 36.4. The zero-order valence-corrected chi connectivity index (χ0v) is 15.9. The third-order valence-corrected chi connectivity index (χ3v) is 7.08. The summed E-state index contributed by atoms with van der Waals surface area (Å²) in [5.74, 6) is 1.10. The molecule has 0 spiro atoms. The lowest BCUT2D eigenvalue weighted by Crippen LogP contribution is -2.50. The Bertz CT molecular complexity index is 794. The van der Waals surface area contributed by atoms with Crippen molar-refractivity contribution in [2.24, 2.45) is 0 Å². The van der Waals surface area contributed by atoms with E-state index in [0.717, 1.165) is 18.4 Å². The Morgan fingerprint density at radius 1 is 1.08 bits per heavy atom. The summed E-state index contributed by atoms with van der Waals surface area (Å²) in [5.41, 5.74) is 0.825. The SMILES string of the molecule is COc1ccc(/C=C/C(=O)N2CCN(S(=O)(=O)C3CC3)CC2)cc1OC. The molecule has 1 amide bonds. The molecule has 1 heterocycles. The maximum atomic E-state index is 12.4. The van der Waals surface area contributed by atoms with Crippen LogP contribution in [-0.4, -0.2) is 69.2 Å². The molecule has 0 atom stereocenters. The maximum absolute atomic E-state index is 12.4. The summed E-state index contributed by atoms with van der Waals surface area (Å²) in [5, 5.41) is -0.199. The van der Waals surface area contributed by atoms with Gasteiger partial charge in [-0.15, -0.1) is 0 Å². The summed E-state index contributed by atoms with van der Waals surface area (Å²) in [6, 6.07) is 5.42. The smallest absolute Gasteiger partial charge is 0.246 e. The van der Waals surface area contributed by atoms with Crippen LogP contribution in [0, 0.1) is 0 Å². The average molecular weight is 380 g/mol. The van der Waals surface area contributed by atoms with Gasteiger partial charge in [0.1, 0.15) is 0 Å². The van der Waals surface area contributed by atoms with E-state index in [1.165, 1.54) is 10.4 Å². The monoisotopic (exact) mass is 380 g/mol. The van der Waals surface area contributed by atoms with Crippen LogP contribution in [0.2, 0.25) is 0 Å². The van der Waals surface area contributed by atoms with Crippen molar-refractivity contribution in [3.8, 4) is 11.5 Å². The van der Waals surface area contributed by atoms with E-state index in [4.69, 9.17) is 9.47 Å². The van der Waals surface area contributed by atoms with Gasteiger partial charge >= 0.3 is 0 Å². The lowest BCUT2D eigenvalue weighted by Gasteiger charge is -2.33. The highest BCUT2D eigenvalue weighted by molar-refractivity contribution is 7.90. The second-order valence-corrected chi connectivity index (χ2v) is 8.63. The lowest BCUT2D eigenvalue weighted by molar-refractivity contribution is -0.127. The van der Waals surface area contributed by atoms with E-state index in [-0.39, 0.29) is 11.2 Å². The number of ether oxygens (including phenoxy) is 2. The van der Waals surface area contributed by atoms with Gasteiger partial charge in [-0.05, 0) is 36.6 Å². The number of carbonyl (C=O) groups excluding carboxylic acids is 1. The molecule has 3 rings (SSSR count). The van der Waals surface area contributed by atoms with Gasteiger partial charge in [0.25, 0.3) is 0 Å². The van der Waals surface area contributed by atoms with E-state index in [9.17, 15) is 13.2 Å². The predicted molar refractivity (Wildman–Crippen MR) is 98.7 cm³/mol. The number of hydrogen-bond donors (Lipinski definition) is 0. The van der Waals surface area contributed by atoms with Gasteiger partial charge in [-0.3, -0.25) is 4.79 Å². The first-order chi connectivity index (χ1) is 12.5. The van der Waals surface area contributed by atoms with Crippen LogP contribution in [-0.2, 0) is 14.8 Å². The molecule has 2 fully saturated rings. The number of nitrogens with zero attached hydrogens (tertiary/aromatic N) is 2. The molecule has 0 aromatic heterocycles. The Kier molecular flexibility index (Phi) is 5.52. The van der Waals surface area contributed by atoms with Crippen molar-refractivity contribution in [3.63, 3.8) is 0 Å². The minimum atomic E-state index is -3.16. The molecule has 1 saturated carbocycles. The van der Waals surface area contributed by atoms with E-state index in [1.54, 1.807) is 37.3 Å². The molecular formula is C18H24N2O5S. The van der Waals surface area contributed by atoms with Gasteiger partial charge in [0.2, 0.25) is 15.9 Å². The Labute approximate surface area is 154 Å². The van der Waals surface area contributed by atoms with Gasteiger partial charge < -0.3 is 14.4 Å². The second kappa shape index (κ2) is 7.67. The number of amides is 1. The van der Waals surface area contributed by atoms with Crippen molar-refractivity contribution < 1.29 is 22.7 Å². The molecule has 0 N–H and O–H groups in total. The zero-order valence-electron chi connectivity index (χ0n) is 15.1. The molecule has 1 aliphatic carbocycles. The third-order valence-electron chi connectivity index (χ3n) is 4.68. The first-order valence-corrected chi connectivity index (χ1v) is 10.1. The van der Waals surface area contributed by atoms with Gasteiger partial charge in [-0.25, -0.2) is 8.42 Å². The number of hydrogen-bond acceptors (Lipinski definition) is 5. The Morgan fingerprint density at radius 3 is 2.31 bits per heavy atom.